The van der Waals surface area contributed by atoms with Gasteiger partial charge in [-0.25, -0.2) is 8.42 Å². The number of hydrogen-bond acceptors (Lipinski definition) is 5. The number of rotatable bonds is 3. The first-order chi connectivity index (χ1) is 9.54. The first-order valence-corrected chi connectivity index (χ1v) is 8.56. The van der Waals surface area contributed by atoms with Crippen molar-refractivity contribution < 1.29 is 8.42 Å². The number of anilines is 1. The summed E-state index contributed by atoms with van der Waals surface area (Å²) in [4.78, 5) is 0.165. The fourth-order valence-electron chi connectivity index (χ4n) is 1.70. The van der Waals surface area contributed by atoms with Gasteiger partial charge in [-0.05, 0) is 36.4 Å². The van der Waals surface area contributed by atoms with Gasteiger partial charge in [0.2, 0.25) is 0 Å². The predicted molar refractivity (Wildman–Crippen MR) is 82.4 cm³/mol. The lowest BCUT2D eigenvalue weighted by Crippen LogP contribution is -2.12. The summed E-state index contributed by atoms with van der Waals surface area (Å²) < 4.78 is 36.0. The first-order valence-electron chi connectivity index (χ1n) is 5.55. The Labute approximate surface area is 128 Å². The predicted octanol–water partition coefficient (Wildman–Crippen LogP) is 3.25. The third-order valence-electron chi connectivity index (χ3n) is 2.61. The van der Waals surface area contributed by atoms with E-state index in [1.165, 1.54) is 12.1 Å². The summed E-state index contributed by atoms with van der Waals surface area (Å²) in [6.07, 6.45) is 0. The van der Waals surface area contributed by atoms with Crippen molar-refractivity contribution in [1.82, 2.24) is 8.75 Å². The van der Waals surface area contributed by atoms with Crippen LogP contribution >= 0.6 is 27.7 Å². The quantitative estimate of drug-likeness (QED) is 0.768. The molecule has 0 spiro atoms. The van der Waals surface area contributed by atoms with Crippen LogP contribution in [0.4, 0.5) is 5.69 Å². The Balaban J connectivity index is 1.98. The zero-order valence-corrected chi connectivity index (χ0v) is 13.2. The molecule has 0 fully saturated rings. The number of nitrogens with zero attached hydrogens (tertiary/aromatic N) is 2. The van der Waals surface area contributed by atoms with Crippen LogP contribution in [0.2, 0.25) is 0 Å². The third kappa shape index (κ3) is 2.67. The molecule has 20 heavy (non-hydrogen) atoms. The fourth-order valence-corrected chi connectivity index (χ4v) is 3.68. The second kappa shape index (κ2) is 5.12. The number of nitrogens with one attached hydrogen (secondary N) is 1. The molecule has 5 nitrogen and oxygen atoms in total. The van der Waals surface area contributed by atoms with Gasteiger partial charge in [0, 0.05) is 10.2 Å². The first kappa shape index (κ1) is 13.5. The second-order valence-electron chi connectivity index (χ2n) is 4.03. The maximum absolute atomic E-state index is 12.3. The van der Waals surface area contributed by atoms with E-state index in [4.69, 9.17) is 0 Å². The van der Waals surface area contributed by atoms with E-state index in [9.17, 15) is 8.42 Å². The zero-order chi connectivity index (χ0) is 14.2. The summed E-state index contributed by atoms with van der Waals surface area (Å²) in [6.45, 7) is 0. The average molecular weight is 370 g/mol. The van der Waals surface area contributed by atoms with Gasteiger partial charge in [0.15, 0.2) is 0 Å². The molecule has 2 aromatic carbocycles. The summed E-state index contributed by atoms with van der Waals surface area (Å²) in [7, 11) is -3.63. The summed E-state index contributed by atoms with van der Waals surface area (Å²) in [5.74, 6) is 0. The van der Waals surface area contributed by atoms with E-state index < -0.39 is 10.0 Å². The standard InChI is InChI=1S/C12H8BrN3O2S2/c13-8-2-1-3-9(6-8)16-20(17,18)10-4-5-11-12(7-10)15-19-14-11/h1-7,16H. The van der Waals surface area contributed by atoms with E-state index in [0.29, 0.717) is 16.7 Å². The van der Waals surface area contributed by atoms with Crippen LogP contribution in [0.1, 0.15) is 0 Å². The highest BCUT2D eigenvalue weighted by Crippen LogP contribution is 2.22. The van der Waals surface area contributed by atoms with Crippen molar-refractivity contribution in [3.8, 4) is 0 Å². The van der Waals surface area contributed by atoms with Crippen molar-refractivity contribution in [3.63, 3.8) is 0 Å². The highest BCUT2D eigenvalue weighted by molar-refractivity contribution is 9.10. The van der Waals surface area contributed by atoms with Crippen LogP contribution in [0.5, 0.6) is 0 Å². The van der Waals surface area contributed by atoms with Crippen LogP contribution in [0, 0.1) is 0 Å². The molecule has 3 aromatic rings. The number of sulfonamides is 1. The molecule has 0 atom stereocenters. The van der Waals surface area contributed by atoms with Gasteiger partial charge < -0.3 is 0 Å². The summed E-state index contributed by atoms with van der Waals surface area (Å²) in [5.41, 5.74) is 1.76. The van der Waals surface area contributed by atoms with Gasteiger partial charge in [-0.15, -0.1) is 0 Å². The number of hydrogen-bond donors (Lipinski definition) is 1. The summed E-state index contributed by atoms with van der Waals surface area (Å²) >= 11 is 4.36. The van der Waals surface area contributed by atoms with Gasteiger partial charge in [-0.1, -0.05) is 22.0 Å². The number of halogens is 1. The maximum Gasteiger partial charge on any atom is 0.261 e. The Morgan fingerprint density at radius 1 is 1.05 bits per heavy atom. The topological polar surface area (TPSA) is 72.0 Å². The molecule has 0 aliphatic carbocycles. The largest absolute Gasteiger partial charge is 0.280 e. The highest BCUT2D eigenvalue weighted by Gasteiger charge is 2.15. The molecule has 1 heterocycles. The molecular weight excluding hydrogens is 362 g/mol. The van der Waals surface area contributed by atoms with Crippen LogP contribution < -0.4 is 4.72 Å². The van der Waals surface area contributed by atoms with E-state index in [-0.39, 0.29) is 4.90 Å². The minimum Gasteiger partial charge on any atom is -0.280 e. The molecule has 0 amide bonds. The summed E-state index contributed by atoms with van der Waals surface area (Å²) in [5, 5.41) is 0. The smallest absolute Gasteiger partial charge is 0.261 e. The molecule has 0 aliphatic rings. The Hall–Kier alpha value is -1.51. The van der Waals surface area contributed by atoms with Crippen molar-refractivity contribution in [2.45, 2.75) is 4.90 Å². The van der Waals surface area contributed by atoms with Crippen molar-refractivity contribution in [2.75, 3.05) is 4.72 Å². The maximum atomic E-state index is 12.3. The average Bonchev–Trinajstić information content (AvgIpc) is 2.85. The molecule has 102 valence electrons. The monoisotopic (exact) mass is 369 g/mol. The van der Waals surface area contributed by atoms with Gasteiger partial charge >= 0.3 is 0 Å². The molecule has 1 N–H and O–H groups in total. The van der Waals surface area contributed by atoms with Gasteiger partial charge in [-0.2, -0.15) is 8.75 Å². The van der Waals surface area contributed by atoms with Crippen molar-refractivity contribution >= 4 is 54.4 Å². The van der Waals surface area contributed by atoms with Crippen LogP contribution in [-0.2, 0) is 10.0 Å². The third-order valence-corrected chi connectivity index (χ3v) is 5.04. The Bertz CT molecular complexity index is 877. The lowest BCUT2D eigenvalue weighted by atomic mass is 10.3. The number of fused-ring (bicyclic) bond motifs is 1. The molecule has 8 heteroatoms. The molecular formula is C12H8BrN3O2S2. The lowest BCUT2D eigenvalue weighted by Gasteiger charge is -2.08. The molecule has 3 rings (SSSR count). The van der Waals surface area contributed by atoms with Crippen LogP contribution in [0.15, 0.2) is 51.8 Å². The van der Waals surface area contributed by atoms with Crippen LogP contribution in [0.25, 0.3) is 11.0 Å². The van der Waals surface area contributed by atoms with Gasteiger partial charge in [0.1, 0.15) is 11.0 Å². The van der Waals surface area contributed by atoms with E-state index in [1.807, 2.05) is 6.07 Å². The van der Waals surface area contributed by atoms with E-state index in [0.717, 1.165) is 16.2 Å². The molecule has 0 saturated carbocycles. The molecule has 0 radical (unpaired) electrons. The highest BCUT2D eigenvalue weighted by atomic mass is 79.9. The SMILES string of the molecule is O=S(=O)(Nc1cccc(Br)c1)c1ccc2nsnc2c1. The molecule has 0 bridgehead atoms. The van der Waals surface area contributed by atoms with Crippen molar-refractivity contribution in [3.05, 3.63) is 46.9 Å². The lowest BCUT2D eigenvalue weighted by molar-refractivity contribution is 0.601. The minimum atomic E-state index is -3.63. The molecule has 0 saturated heterocycles. The minimum absolute atomic E-state index is 0.165. The molecule has 0 aliphatic heterocycles. The second-order valence-corrected chi connectivity index (χ2v) is 7.16. The molecule has 0 unspecified atom stereocenters. The number of aromatic nitrogens is 2. The van der Waals surface area contributed by atoms with Gasteiger partial charge in [0.05, 0.1) is 16.6 Å². The fraction of sp³-hybridized carbons (Fsp3) is 0. The van der Waals surface area contributed by atoms with Crippen molar-refractivity contribution in [1.29, 1.82) is 0 Å². The van der Waals surface area contributed by atoms with E-state index >= 15 is 0 Å². The van der Waals surface area contributed by atoms with Gasteiger partial charge in [0.25, 0.3) is 10.0 Å². The van der Waals surface area contributed by atoms with Crippen LogP contribution in [-0.4, -0.2) is 17.2 Å². The zero-order valence-electron chi connectivity index (χ0n) is 9.95. The van der Waals surface area contributed by atoms with E-state index in [2.05, 4.69) is 29.4 Å². The Morgan fingerprint density at radius 3 is 2.65 bits per heavy atom. The van der Waals surface area contributed by atoms with Gasteiger partial charge in [-0.3, -0.25) is 4.72 Å². The van der Waals surface area contributed by atoms with Crippen molar-refractivity contribution in [2.24, 2.45) is 0 Å². The summed E-state index contributed by atoms with van der Waals surface area (Å²) in [6, 6.07) is 11.6. The van der Waals surface area contributed by atoms with E-state index in [1.54, 1.807) is 24.3 Å². The Kier molecular flexibility index (Phi) is 3.45. The number of benzene rings is 2. The Morgan fingerprint density at radius 2 is 1.85 bits per heavy atom. The van der Waals surface area contributed by atoms with Crippen LogP contribution in [0.3, 0.4) is 0 Å². The molecule has 1 aromatic heterocycles. The normalized spacial score (nSPS) is 11.7.